The Morgan fingerprint density at radius 3 is 2.15 bits per heavy atom. The number of Topliss-reactive ketones (excluding diaryl/α,β-unsaturated/α-hetero) is 2. The van der Waals surface area contributed by atoms with E-state index in [1.54, 1.807) is 6.92 Å². The molecule has 1 saturated carbocycles. The maximum absolute atomic E-state index is 12.1. The molecule has 0 radical (unpaired) electrons. The highest BCUT2D eigenvalue weighted by Gasteiger charge is 2.28. The molecule has 2 nitrogen and oxygen atoms in total. The molecule has 1 unspecified atom stereocenters. The molecule has 0 amide bonds. The van der Waals surface area contributed by atoms with Crippen molar-refractivity contribution in [2.45, 2.75) is 111 Å². The third-order valence-corrected chi connectivity index (χ3v) is 7.80. The van der Waals surface area contributed by atoms with Crippen molar-refractivity contribution < 1.29 is 9.59 Å². The first-order valence-electron chi connectivity index (χ1n) is 13.7. The predicted molar refractivity (Wildman–Crippen MR) is 144 cm³/mol. The first kappa shape index (κ1) is 26.4. The van der Waals surface area contributed by atoms with E-state index >= 15 is 0 Å². The molecule has 0 saturated heterocycles. The van der Waals surface area contributed by atoms with E-state index in [-0.39, 0.29) is 11.6 Å². The first-order chi connectivity index (χ1) is 16.4. The molecule has 34 heavy (non-hydrogen) atoms. The van der Waals surface area contributed by atoms with Crippen LogP contribution in [0.5, 0.6) is 0 Å². The van der Waals surface area contributed by atoms with Gasteiger partial charge in [0, 0.05) is 17.5 Å². The lowest BCUT2D eigenvalue weighted by Gasteiger charge is -2.17. The number of hydrogen-bond acceptors (Lipinski definition) is 2. The molecule has 3 aliphatic rings. The molecule has 0 heterocycles. The molecule has 0 bridgehead atoms. The highest BCUT2D eigenvalue weighted by atomic mass is 16.1. The zero-order valence-corrected chi connectivity index (χ0v) is 22.1. The van der Waals surface area contributed by atoms with Crippen molar-refractivity contribution in [3.8, 4) is 11.1 Å². The van der Waals surface area contributed by atoms with E-state index in [0.717, 1.165) is 36.3 Å². The lowest BCUT2D eigenvalue weighted by molar-refractivity contribution is 0.0991. The number of hydrogen-bond donors (Lipinski definition) is 0. The molecule has 2 heteroatoms. The SMILES string of the molecule is CC(=O)c1ccc2c(c1)-c1c(ccc3c1CCC3=O)CCC2C.CC1CCCCC1.CCCC. The zero-order chi connectivity index (χ0) is 24.7. The van der Waals surface area contributed by atoms with Crippen LogP contribution in [0.25, 0.3) is 11.1 Å². The van der Waals surface area contributed by atoms with Gasteiger partial charge in [-0.15, -0.1) is 0 Å². The van der Waals surface area contributed by atoms with E-state index in [1.165, 1.54) is 72.8 Å². The highest BCUT2D eigenvalue weighted by Crippen LogP contribution is 2.43. The maximum atomic E-state index is 12.1. The standard InChI is InChI=1S/C21H20O2.C7H14.C4H10/c1-12-3-4-14-5-8-17-18(9-10-20(17)23)21(14)19-11-15(13(2)22)6-7-16(12)19;1-7-5-3-2-4-6-7;1-3-4-2/h5-8,11-12H,3-4,9-10H2,1-2H3;7H,2-6H2,1H3;3-4H2,1-2H3. The second-order valence-electron chi connectivity index (χ2n) is 10.6. The van der Waals surface area contributed by atoms with Crippen molar-refractivity contribution in [1.29, 1.82) is 0 Å². The number of fused-ring (bicyclic) bond motifs is 5. The third kappa shape index (κ3) is 6.26. The topological polar surface area (TPSA) is 34.1 Å². The average molecular weight is 461 g/mol. The number of benzene rings is 2. The summed E-state index contributed by atoms with van der Waals surface area (Å²) in [5.41, 5.74) is 7.87. The van der Waals surface area contributed by atoms with Gasteiger partial charge in [-0.1, -0.05) is 96.9 Å². The number of unbranched alkanes of at least 4 members (excludes halogenated alkanes) is 1. The van der Waals surface area contributed by atoms with Crippen molar-refractivity contribution in [2.75, 3.05) is 0 Å². The predicted octanol–water partition coefficient (Wildman–Crippen LogP) is 9.13. The largest absolute Gasteiger partial charge is 0.295 e. The Bertz CT molecular complexity index is 992. The van der Waals surface area contributed by atoms with Gasteiger partial charge in [-0.05, 0) is 71.9 Å². The second-order valence-corrected chi connectivity index (χ2v) is 10.6. The fourth-order valence-electron chi connectivity index (χ4n) is 5.39. The van der Waals surface area contributed by atoms with Crippen LogP contribution in [0.1, 0.15) is 136 Å². The van der Waals surface area contributed by atoms with Crippen molar-refractivity contribution in [3.05, 3.63) is 58.1 Å². The van der Waals surface area contributed by atoms with E-state index in [9.17, 15) is 9.59 Å². The molecule has 5 rings (SSSR count). The number of aryl methyl sites for hydroxylation is 1. The fourth-order valence-corrected chi connectivity index (χ4v) is 5.39. The summed E-state index contributed by atoms with van der Waals surface area (Å²) in [6.45, 7) is 10.6. The number of ketones is 2. The molecule has 2 aromatic carbocycles. The van der Waals surface area contributed by atoms with Gasteiger partial charge in [0.2, 0.25) is 0 Å². The van der Waals surface area contributed by atoms with Crippen molar-refractivity contribution in [3.63, 3.8) is 0 Å². The summed E-state index contributed by atoms with van der Waals surface area (Å²) in [6, 6.07) is 10.2. The van der Waals surface area contributed by atoms with Gasteiger partial charge in [0.25, 0.3) is 0 Å². The molecule has 0 spiro atoms. The average Bonchev–Trinajstić information content (AvgIpc) is 3.16. The maximum Gasteiger partial charge on any atom is 0.163 e. The zero-order valence-electron chi connectivity index (χ0n) is 22.1. The van der Waals surface area contributed by atoms with Crippen LogP contribution in [-0.2, 0) is 12.8 Å². The minimum atomic E-state index is 0.0925. The van der Waals surface area contributed by atoms with E-state index in [4.69, 9.17) is 0 Å². The van der Waals surface area contributed by atoms with E-state index in [1.807, 2.05) is 18.2 Å². The van der Waals surface area contributed by atoms with Crippen LogP contribution in [0, 0.1) is 5.92 Å². The molecule has 1 atom stereocenters. The normalized spacial score (nSPS) is 18.9. The van der Waals surface area contributed by atoms with Gasteiger partial charge in [0.1, 0.15) is 0 Å². The third-order valence-electron chi connectivity index (χ3n) is 7.80. The van der Waals surface area contributed by atoms with Crippen LogP contribution in [-0.4, -0.2) is 11.6 Å². The second kappa shape index (κ2) is 12.5. The Labute approximate surface area is 207 Å². The summed E-state index contributed by atoms with van der Waals surface area (Å²) < 4.78 is 0. The lowest BCUT2D eigenvalue weighted by atomic mass is 9.87. The minimum Gasteiger partial charge on any atom is -0.295 e. The summed E-state index contributed by atoms with van der Waals surface area (Å²) >= 11 is 0. The van der Waals surface area contributed by atoms with E-state index in [0.29, 0.717) is 12.3 Å². The molecular weight excluding hydrogens is 416 g/mol. The van der Waals surface area contributed by atoms with Gasteiger partial charge in [-0.3, -0.25) is 9.59 Å². The molecule has 184 valence electrons. The molecule has 2 aromatic rings. The molecule has 1 fully saturated rings. The Morgan fingerprint density at radius 1 is 0.853 bits per heavy atom. The summed E-state index contributed by atoms with van der Waals surface area (Å²) in [7, 11) is 0. The van der Waals surface area contributed by atoms with Crippen molar-refractivity contribution >= 4 is 11.6 Å². The lowest BCUT2D eigenvalue weighted by Crippen LogP contribution is -2.00. The van der Waals surface area contributed by atoms with Crippen LogP contribution in [0.4, 0.5) is 0 Å². The molecule has 0 N–H and O–H groups in total. The van der Waals surface area contributed by atoms with Gasteiger partial charge in [0.05, 0.1) is 0 Å². The summed E-state index contributed by atoms with van der Waals surface area (Å²) in [6.07, 6.45) is 13.7. The van der Waals surface area contributed by atoms with Gasteiger partial charge < -0.3 is 0 Å². The van der Waals surface area contributed by atoms with Crippen LogP contribution >= 0.6 is 0 Å². The monoisotopic (exact) mass is 460 g/mol. The van der Waals surface area contributed by atoms with Crippen LogP contribution in [0.3, 0.4) is 0 Å². The Balaban J connectivity index is 0.000000245. The van der Waals surface area contributed by atoms with Crippen LogP contribution < -0.4 is 0 Å². The number of carbonyl (C=O) groups is 2. The van der Waals surface area contributed by atoms with Crippen molar-refractivity contribution in [1.82, 2.24) is 0 Å². The smallest absolute Gasteiger partial charge is 0.163 e. The summed E-state index contributed by atoms with van der Waals surface area (Å²) in [4.78, 5) is 24.0. The first-order valence-corrected chi connectivity index (χ1v) is 13.7. The van der Waals surface area contributed by atoms with Gasteiger partial charge in [-0.25, -0.2) is 0 Å². The molecular formula is C32H44O2. The number of rotatable bonds is 2. The highest BCUT2D eigenvalue weighted by molar-refractivity contribution is 6.03. The van der Waals surface area contributed by atoms with E-state index < -0.39 is 0 Å². The fraction of sp³-hybridized carbons (Fsp3) is 0.562. The summed E-state index contributed by atoms with van der Waals surface area (Å²) in [5.74, 6) is 1.85. The number of carbonyl (C=O) groups excluding carboxylic acids is 2. The molecule has 0 aromatic heterocycles. The Hall–Kier alpha value is -2.22. The van der Waals surface area contributed by atoms with Gasteiger partial charge in [0.15, 0.2) is 11.6 Å². The molecule has 0 aliphatic heterocycles. The summed E-state index contributed by atoms with van der Waals surface area (Å²) in [5, 5.41) is 0. The van der Waals surface area contributed by atoms with Gasteiger partial charge in [-0.2, -0.15) is 0 Å². The van der Waals surface area contributed by atoms with Gasteiger partial charge >= 0.3 is 0 Å². The van der Waals surface area contributed by atoms with Crippen LogP contribution in [0.15, 0.2) is 30.3 Å². The molecule has 3 aliphatic carbocycles. The van der Waals surface area contributed by atoms with Crippen molar-refractivity contribution in [2.24, 2.45) is 5.92 Å². The quantitative estimate of drug-likeness (QED) is 0.419. The Morgan fingerprint density at radius 2 is 1.56 bits per heavy atom. The minimum absolute atomic E-state index is 0.0925. The van der Waals surface area contributed by atoms with Crippen LogP contribution in [0.2, 0.25) is 0 Å². The Kier molecular flexibility index (Phi) is 9.68. The van der Waals surface area contributed by atoms with E-state index in [2.05, 4.69) is 39.8 Å².